The van der Waals surface area contributed by atoms with Crippen molar-refractivity contribution in [1.82, 2.24) is 0 Å². The van der Waals surface area contributed by atoms with Crippen molar-refractivity contribution in [3.63, 3.8) is 0 Å². The zero-order valence-electron chi connectivity index (χ0n) is 22.2. The van der Waals surface area contributed by atoms with Crippen LogP contribution < -0.4 is 10.6 Å². The Morgan fingerprint density at radius 1 is 0.923 bits per heavy atom. The van der Waals surface area contributed by atoms with Gasteiger partial charge in [0.2, 0.25) is 11.8 Å². The number of anilines is 2. The zero-order chi connectivity index (χ0) is 27.2. The largest absolute Gasteiger partial charge is 0.465 e. The van der Waals surface area contributed by atoms with Crippen LogP contribution in [0.5, 0.6) is 0 Å². The summed E-state index contributed by atoms with van der Waals surface area (Å²) in [6.07, 6.45) is 9.13. The summed E-state index contributed by atoms with van der Waals surface area (Å²) in [6.45, 7) is 0. The molecule has 2 N–H and O–H groups in total. The first-order chi connectivity index (χ1) is 19.0. The fourth-order valence-corrected chi connectivity index (χ4v) is 7.81. The molecule has 3 aromatic rings. The lowest BCUT2D eigenvalue weighted by atomic mass is 9.88. The molecule has 39 heavy (non-hydrogen) atoms. The van der Waals surface area contributed by atoms with Crippen molar-refractivity contribution in [2.24, 2.45) is 5.92 Å². The number of thioether (sulfide) groups is 1. The summed E-state index contributed by atoms with van der Waals surface area (Å²) in [7, 11) is 1.38. The van der Waals surface area contributed by atoms with E-state index in [0.717, 1.165) is 78.0 Å². The Balaban J connectivity index is 1.38. The number of carbonyl (C=O) groups excluding carboxylic acids is 3. The van der Waals surface area contributed by atoms with Crippen molar-refractivity contribution in [1.29, 1.82) is 0 Å². The predicted octanol–water partition coefficient (Wildman–Crippen LogP) is 7.40. The fourth-order valence-electron chi connectivity index (χ4n) is 5.44. The summed E-state index contributed by atoms with van der Waals surface area (Å²) in [5, 5.41) is 6.17. The predicted molar refractivity (Wildman–Crippen MR) is 158 cm³/mol. The molecule has 0 spiro atoms. The smallest absolute Gasteiger partial charge is 0.341 e. The van der Waals surface area contributed by atoms with E-state index in [2.05, 4.69) is 10.6 Å². The molecule has 8 heteroatoms. The molecule has 1 unspecified atom stereocenters. The Labute approximate surface area is 237 Å². The van der Waals surface area contributed by atoms with Crippen LogP contribution in [-0.4, -0.2) is 24.9 Å². The summed E-state index contributed by atoms with van der Waals surface area (Å²) < 4.78 is 5.09. The van der Waals surface area contributed by atoms with Gasteiger partial charge in [0, 0.05) is 21.4 Å². The highest BCUT2D eigenvalue weighted by Gasteiger charge is 2.30. The van der Waals surface area contributed by atoms with Crippen molar-refractivity contribution in [2.75, 3.05) is 17.7 Å². The first-order valence-electron chi connectivity index (χ1n) is 13.7. The maximum absolute atomic E-state index is 13.8. The van der Waals surface area contributed by atoms with Gasteiger partial charge in [-0.05, 0) is 67.9 Å². The lowest BCUT2D eigenvalue weighted by molar-refractivity contribution is -0.120. The molecule has 6 nitrogen and oxygen atoms in total. The number of rotatable bonds is 8. The average molecular weight is 563 g/mol. The monoisotopic (exact) mass is 562 g/mol. The first-order valence-corrected chi connectivity index (χ1v) is 15.4. The summed E-state index contributed by atoms with van der Waals surface area (Å²) in [5.74, 6) is -0.466. The molecule has 1 fully saturated rings. The van der Waals surface area contributed by atoms with E-state index < -0.39 is 11.2 Å². The van der Waals surface area contributed by atoms with Gasteiger partial charge in [-0.25, -0.2) is 4.79 Å². The summed E-state index contributed by atoms with van der Waals surface area (Å²) in [5.41, 5.74) is 3.10. The number of aryl methyl sites for hydroxylation is 1. The Bertz CT molecular complexity index is 1330. The lowest BCUT2D eigenvalue weighted by Crippen LogP contribution is -2.24. The normalized spacial score (nSPS) is 16.1. The summed E-state index contributed by atoms with van der Waals surface area (Å²) >= 11 is 2.91. The second kappa shape index (κ2) is 12.8. The molecular formula is C31H34N2O4S2. The molecule has 1 heterocycles. The van der Waals surface area contributed by atoms with Crippen LogP contribution in [0.1, 0.15) is 76.6 Å². The SMILES string of the molecule is COC(=O)c1c(NC(=O)C(Sc2cccc(NC(=O)C3CCCCC3)c2)c2ccccc2)sc2c1CCCC2. The van der Waals surface area contributed by atoms with Gasteiger partial charge in [0.15, 0.2) is 0 Å². The Morgan fingerprint density at radius 2 is 1.69 bits per heavy atom. The fraction of sp³-hybridized carbons (Fsp3) is 0.387. The molecule has 0 saturated heterocycles. The van der Waals surface area contributed by atoms with Gasteiger partial charge in [0.1, 0.15) is 10.3 Å². The van der Waals surface area contributed by atoms with Gasteiger partial charge in [-0.2, -0.15) is 0 Å². The Kier molecular flexibility index (Phi) is 9.04. The minimum Gasteiger partial charge on any atom is -0.465 e. The van der Waals surface area contributed by atoms with E-state index >= 15 is 0 Å². The third-order valence-electron chi connectivity index (χ3n) is 7.47. The minimum absolute atomic E-state index is 0.0681. The van der Waals surface area contributed by atoms with Crippen LogP contribution in [-0.2, 0) is 27.2 Å². The van der Waals surface area contributed by atoms with Crippen LogP contribution in [0, 0.1) is 5.92 Å². The number of amides is 2. The first kappa shape index (κ1) is 27.5. The number of thiophene rings is 1. The van der Waals surface area contributed by atoms with E-state index in [1.54, 1.807) is 0 Å². The van der Waals surface area contributed by atoms with Crippen molar-refractivity contribution in [3.05, 3.63) is 76.2 Å². The maximum Gasteiger partial charge on any atom is 0.341 e. The molecule has 2 aliphatic carbocycles. The van der Waals surface area contributed by atoms with Crippen molar-refractivity contribution >= 4 is 51.6 Å². The second-order valence-corrected chi connectivity index (χ2v) is 12.4. The highest BCUT2D eigenvalue weighted by atomic mass is 32.2. The minimum atomic E-state index is -0.555. The number of carbonyl (C=O) groups is 3. The molecule has 1 saturated carbocycles. The van der Waals surface area contributed by atoms with E-state index in [-0.39, 0.29) is 17.7 Å². The Morgan fingerprint density at radius 3 is 2.46 bits per heavy atom. The summed E-state index contributed by atoms with van der Waals surface area (Å²) in [6, 6.07) is 17.3. The van der Waals surface area contributed by atoms with E-state index in [9.17, 15) is 14.4 Å². The molecule has 2 aliphatic rings. The molecule has 5 rings (SSSR count). The van der Waals surface area contributed by atoms with Crippen LogP contribution in [0.25, 0.3) is 0 Å². The number of fused-ring (bicyclic) bond motifs is 1. The van der Waals surface area contributed by atoms with E-state index in [4.69, 9.17) is 4.74 Å². The molecule has 1 aromatic heterocycles. The molecular weight excluding hydrogens is 528 g/mol. The summed E-state index contributed by atoms with van der Waals surface area (Å²) in [4.78, 5) is 41.4. The van der Waals surface area contributed by atoms with Crippen molar-refractivity contribution in [3.8, 4) is 0 Å². The van der Waals surface area contributed by atoms with Crippen LogP contribution in [0.2, 0.25) is 0 Å². The van der Waals surface area contributed by atoms with Crippen molar-refractivity contribution in [2.45, 2.75) is 67.9 Å². The molecule has 0 radical (unpaired) electrons. The van der Waals surface area contributed by atoms with Gasteiger partial charge in [-0.1, -0.05) is 55.7 Å². The topological polar surface area (TPSA) is 84.5 Å². The number of ether oxygens (including phenoxy) is 1. The van der Waals surface area contributed by atoms with Crippen LogP contribution in [0.4, 0.5) is 10.7 Å². The van der Waals surface area contributed by atoms with Gasteiger partial charge < -0.3 is 15.4 Å². The van der Waals surface area contributed by atoms with Gasteiger partial charge in [0.25, 0.3) is 0 Å². The number of hydrogen-bond acceptors (Lipinski definition) is 6. The third kappa shape index (κ3) is 6.56. The molecule has 0 bridgehead atoms. The van der Waals surface area contributed by atoms with Crippen LogP contribution >= 0.6 is 23.1 Å². The maximum atomic E-state index is 13.8. The highest BCUT2D eigenvalue weighted by molar-refractivity contribution is 8.00. The second-order valence-electron chi connectivity index (χ2n) is 10.2. The van der Waals surface area contributed by atoms with E-state index in [1.807, 2.05) is 54.6 Å². The molecule has 0 aliphatic heterocycles. The highest BCUT2D eigenvalue weighted by Crippen LogP contribution is 2.41. The molecule has 204 valence electrons. The lowest BCUT2D eigenvalue weighted by Gasteiger charge is -2.21. The standard InChI is InChI=1S/C31H34N2O4S2/c1-37-31(36)26-24-17-8-9-18-25(24)39-30(26)33-29(35)27(20-11-4-2-5-12-20)38-23-16-10-15-22(19-23)32-28(34)21-13-6-3-7-14-21/h2,4-5,10-12,15-16,19,21,27H,3,6-9,13-14,17-18H2,1H3,(H,32,34)(H,33,35). The quantitative estimate of drug-likeness (QED) is 0.221. The van der Waals surface area contributed by atoms with E-state index in [0.29, 0.717) is 10.6 Å². The zero-order valence-corrected chi connectivity index (χ0v) is 23.8. The molecule has 1 atom stereocenters. The van der Waals surface area contributed by atoms with Gasteiger partial charge in [-0.3, -0.25) is 9.59 Å². The number of hydrogen-bond donors (Lipinski definition) is 2. The Hall–Kier alpha value is -3.10. The number of esters is 1. The van der Waals surface area contributed by atoms with Gasteiger partial charge in [0.05, 0.1) is 12.7 Å². The van der Waals surface area contributed by atoms with Gasteiger partial charge in [-0.15, -0.1) is 23.1 Å². The number of nitrogens with one attached hydrogen (secondary N) is 2. The number of methoxy groups -OCH3 is 1. The third-order valence-corrected chi connectivity index (χ3v) is 9.92. The van der Waals surface area contributed by atoms with Crippen LogP contribution in [0.15, 0.2) is 59.5 Å². The van der Waals surface area contributed by atoms with Gasteiger partial charge >= 0.3 is 5.97 Å². The van der Waals surface area contributed by atoms with Crippen molar-refractivity contribution < 1.29 is 19.1 Å². The number of benzene rings is 2. The molecule has 2 amide bonds. The van der Waals surface area contributed by atoms with Crippen LogP contribution in [0.3, 0.4) is 0 Å². The van der Waals surface area contributed by atoms with E-state index in [1.165, 1.54) is 36.6 Å². The average Bonchev–Trinajstić information content (AvgIpc) is 3.34. The molecule has 2 aromatic carbocycles.